The van der Waals surface area contributed by atoms with E-state index < -0.39 is 28.9 Å². The lowest BCUT2D eigenvalue weighted by Gasteiger charge is -2.29. The number of nitrogens with one attached hydrogen (secondary N) is 1. The molecule has 5 N–H and O–H groups in total. The number of benzene rings is 2. The van der Waals surface area contributed by atoms with Gasteiger partial charge in [0.15, 0.2) is 5.03 Å². The van der Waals surface area contributed by atoms with Crippen molar-refractivity contribution in [2.75, 3.05) is 6.54 Å². The van der Waals surface area contributed by atoms with Crippen LogP contribution in [0.5, 0.6) is 5.75 Å². The molecule has 0 aliphatic heterocycles. The first-order chi connectivity index (χ1) is 16.1. The lowest BCUT2D eigenvalue weighted by atomic mass is 10.1. The Morgan fingerprint density at radius 3 is 2.38 bits per heavy atom. The molecule has 0 bridgehead atoms. The quantitative estimate of drug-likeness (QED) is 0.117. The van der Waals surface area contributed by atoms with Crippen molar-refractivity contribution >= 4 is 41.0 Å². The second-order valence-corrected chi connectivity index (χ2v) is 8.06. The number of aromatic hydroxyl groups is 1. The number of rotatable bonds is 11. The van der Waals surface area contributed by atoms with E-state index in [2.05, 4.69) is 4.99 Å². The largest absolute Gasteiger partial charge is 0.508 e. The first kappa shape index (κ1) is 26.7. The van der Waals surface area contributed by atoms with Crippen molar-refractivity contribution in [2.45, 2.75) is 31.8 Å². The lowest BCUT2D eigenvalue weighted by molar-refractivity contribution is -0.525. The summed E-state index contributed by atoms with van der Waals surface area (Å²) in [4.78, 5) is 40.6. The van der Waals surface area contributed by atoms with E-state index in [4.69, 9.17) is 28.9 Å². The highest BCUT2D eigenvalue weighted by Gasteiger charge is 2.29. The number of nitrogens with two attached hydrogens (primary N) is 1. The molecule has 0 aliphatic carbocycles. The predicted molar refractivity (Wildman–Crippen MR) is 126 cm³/mol. The zero-order valence-corrected chi connectivity index (χ0v) is 19.4. The fourth-order valence-corrected chi connectivity index (χ4v) is 3.44. The number of phenols is 1. The van der Waals surface area contributed by atoms with Crippen molar-refractivity contribution in [1.82, 2.24) is 10.3 Å². The van der Waals surface area contributed by atoms with Crippen LogP contribution in [-0.4, -0.2) is 50.6 Å². The van der Waals surface area contributed by atoms with Gasteiger partial charge in [-0.2, -0.15) is 0 Å². The first-order valence-corrected chi connectivity index (χ1v) is 10.8. The average Bonchev–Trinajstić information content (AvgIpc) is 2.75. The van der Waals surface area contributed by atoms with Crippen molar-refractivity contribution in [3.8, 4) is 5.75 Å². The normalized spacial score (nSPS) is 12.1. The van der Waals surface area contributed by atoms with Crippen LogP contribution in [0.15, 0.2) is 47.5 Å². The molecule has 0 fully saturated rings. The van der Waals surface area contributed by atoms with Crippen LogP contribution in [0, 0.1) is 10.1 Å². The monoisotopic (exact) mass is 511 g/mol. The molecule has 1 amide bonds. The van der Waals surface area contributed by atoms with E-state index in [-0.39, 0.29) is 43.1 Å². The summed E-state index contributed by atoms with van der Waals surface area (Å²) in [6.07, 6.45) is 0.107. The molecule has 0 saturated carbocycles. The Hall–Kier alpha value is -3.57. The maximum Gasteiger partial charge on any atom is 0.326 e. The molecule has 2 aromatic rings. The number of carboxylic acid groups (broad SMARTS) is 1. The summed E-state index contributed by atoms with van der Waals surface area (Å²) in [7, 11) is 0. The van der Waals surface area contributed by atoms with Gasteiger partial charge in [0.2, 0.25) is 5.91 Å². The summed E-state index contributed by atoms with van der Waals surface area (Å²) in [5.41, 5.74) is 8.23. The number of aliphatic imine (C=N–C) groups is 1. The van der Waals surface area contributed by atoms with Gasteiger partial charge in [0.1, 0.15) is 11.8 Å². The van der Waals surface area contributed by atoms with Gasteiger partial charge in [-0.15, -0.1) is 0 Å². The topological polar surface area (TPSA) is 171 Å². The summed E-state index contributed by atoms with van der Waals surface area (Å²) in [6.45, 7) is -0.00380. The number of guanidine groups is 1. The van der Waals surface area contributed by atoms with Gasteiger partial charge in [-0.25, -0.2) is 19.9 Å². The van der Waals surface area contributed by atoms with Gasteiger partial charge in [-0.3, -0.25) is 4.79 Å². The molecule has 0 radical (unpaired) electrons. The highest BCUT2D eigenvalue weighted by molar-refractivity contribution is 6.42. The molecule has 0 spiro atoms. The Bertz CT molecular complexity index is 1060. The Morgan fingerprint density at radius 1 is 1.15 bits per heavy atom. The van der Waals surface area contributed by atoms with Crippen molar-refractivity contribution in [1.29, 1.82) is 0 Å². The number of hydrogen-bond acceptors (Lipinski definition) is 6. The summed E-state index contributed by atoms with van der Waals surface area (Å²) >= 11 is 12.0. The summed E-state index contributed by atoms with van der Waals surface area (Å²) < 4.78 is 0. The number of hydrogen-bond donors (Lipinski definition) is 4. The number of carboxylic acids is 1. The zero-order chi connectivity index (χ0) is 25.3. The van der Waals surface area contributed by atoms with Gasteiger partial charge in [0.25, 0.3) is 5.96 Å². The van der Waals surface area contributed by atoms with Crippen LogP contribution in [0.2, 0.25) is 10.0 Å². The van der Waals surface area contributed by atoms with Crippen LogP contribution in [-0.2, 0) is 22.6 Å². The minimum absolute atomic E-state index is 0.0183. The second-order valence-electron chi connectivity index (χ2n) is 7.25. The molecule has 13 heteroatoms. The van der Waals surface area contributed by atoms with Crippen LogP contribution in [0.3, 0.4) is 0 Å². The van der Waals surface area contributed by atoms with Crippen molar-refractivity contribution in [3.05, 3.63) is 73.8 Å². The number of nitrogens with zero attached hydrogens (tertiary/aromatic N) is 3. The minimum atomic E-state index is -1.22. The molecular formula is C21H23Cl2N5O6. The summed E-state index contributed by atoms with van der Waals surface area (Å²) in [6, 6.07) is 9.55. The van der Waals surface area contributed by atoms with Gasteiger partial charge < -0.3 is 20.8 Å². The van der Waals surface area contributed by atoms with E-state index in [0.29, 0.717) is 16.1 Å². The van der Waals surface area contributed by atoms with Gasteiger partial charge in [0, 0.05) is 13.1 Å². The maximum absolute atomic E-state index is 13.2. The average molecular weight is 512 g/mol. The number of amides is 1. The van der Waals surface area contributed by atoms with Crippen LogP contribution >= 0.6 is 23.2 Å². The van der Waals surface area contributed by atoms with Gasteiger partial charge in [-0.05, 0) is 48.2 Å². The molecule has 0 aliphatic rings. The molecule has 1 atom stereocenters. The molecule has 0 aromatic heterocycles. The van der Waals surface area contributed by atoms with Gasteiger partial charge in [-0.1, -0.05) is 46.8 Å². The van der Waals surface area contributed by atoms with E-state index in [1.807, 2.05) is 0 Å². The second kappa shape index (κ2) is 12.6. The first-order valence-electron chi connectivity index (χ1n) is 10.0. The molecule has 2 aromatic carbocycles. The molecular weight excluding hydrogens is 489 g/mol. The van der Waals surface area contributed by atoms with E-state index in [1.54, 1.807) is 29.7 Å². The predicted octanol–water partition coefficient (Wildman–Crippen LogP) is 2.60. The summed E-state index contributed by atoms with van der Waals surface area (Å²) in [5.74, 6) is -2.06. The highest BCUT2D eigenvalue weighted by atomic mass is 35.5. The highest BCUT2D eigenvalue weighted by Crippen LogP contribution is 2.24. The van der Waals surface area contributed by atoms with Crippen molar-refractivity contribution in [3.63, 3.8) is 0 Å². The fraction of sp³-hybridized carbons (Fsp3) is 0.286. The number of aliphatic carboxylic acids is 1. The third-order valence-electron chi connectivity index (χ3n) is 4.73. The molecule has 0 heterocycles. The molecule has 0 unspecified atom stereocenters. The van der Waals surface area contributed by atoms with E-state index in [9.17, 15) is 29.9 Å². The SMILES string of the molecule is NC(=NCCC[C@H](C(=O)O)N(Cc1ccc(O)cc1)C(=O)Cc1ccc(Cl)c(Cl)c1)N[N+](=O)[O-]. The van der Waals surface area contributed by atoms with Crippen LogP contribution < -0.4 is 11.2 Å². The van der Waals surface area contributed by atoms with Gasteiger partial charge in [0.05, 0.1) is 16.5 Å². The molecule has 2 rings (SSSR count). The number of halogens is 2. The number of hydrazine groups is 1. The Kier molecular flexibility index (Phi) is 9.90. The Labute approximate surface area is 204 Å². The number of phenolic OH excluding ortho intramolecular Hbond substituents is 1. The fourth-order valence-electron chi connectivity index (χ4n) is 3.12. The lowest BCUT2D eigenvalue weighted by Crippen LogP contribution is -2.45. The third kappa shape index (κ3) is 8.41. The van der Waals surface area contributed by atoms with Crippen LogP contribution in [0.25, 0.3) is 0 Å². The minimum Gasteiger partial charge on any atom is -0.508 e. The van der Waals surface area contributed by atoms with E-state index in [1.165, 1.54) is 23.1 Å². The Morgan fingerprint density at radius 2 is 1.79 bits per heavy atom. The van der Waals surface area contributed by atoms with E-state index in [0.717, 1.165) is 0 Å². The summed E-state index contributed by atoms with van der Waals surface area (Å²) in [5, 5.41) is 29.5. The molecule has 0 saturated heterocycles. The number of nitro groups is 1. The van der Waals surface area contributed by atoms with Crippen LogP contribution in [0.1, 0.15) is 24.0 Å². The molecule has 11 nitrogen and oxygen atoms in total. The standard InChI is InChI=1S/C21H23Cl2N5O6/c22-16-8-5-14(10-17(16)23)11-19(30)27(12-13-3-6-15(29)7-4-13)18(20(31)32)2-1-9-25-21(24)26-28(33)34/h3-8,10,18,29H,1-2,9,11-12H2,(H,31,32)(H3,24,25,26)/t18-/m1/s1. The van der Waals surface area contributed by atoms with E-state index >= 15 is 0 Å². The number of carbonyl (C=O) groups excluding carboxylic acids is 1. The molecule has 34 heavy (non-hydrogen) atoms. The van der Waals surface area contributed by atoms with Crippen molar-refractivity contribution in [2.24, 2.45) is 10.7 Å². The number of carbonyl (C=O) groups is 2. The van der Waals surface area contributed by atoms with Gasteiger partial charge >= 0.3 is 5.97 Å². The maximum atomic E-state index is 13.2. The Balaban J connectivity index is 2.22. The third-order valence-corrected chi connectivity index (χ3v) is 5.47. The van der Waals surface area contributed by atoms with Crippen molar-refractivity contribution < 1.29 is 24.8 Å². The zero-order valence-electron chi connectivity index (χ0n) is 17.9. The molecule has 182 valence electrons. The van der Waals surface area contributed by atoms with Crippen LogP contribution in [0.4, 0.5) is 0 Å². The smallest absolute Gasteiger partial charge is 0.326 e.